The summed E-state index contributed by atoms with van der Waals surface area (Å²) in [5.74, 6) is 1.10. The molecule has 18 heavy (non-hydrogen) atoms. The lowest BCUT2D eigenvalue weighted by atomic mass is 9.92. The van der Waals surface area contributed by atoms with E-state index in [-0.39, 0.29) is 0 Å². The van der Waals surface area contributed by atoms with Crippen LogP contribution >= 0.6 is 27.7 Å². The first-order chi connectivity index (χ1) is 8.81. The van der Waals surface area contributed by atoms with Gasteiger partial charge in [-0.2, -0.15) is 0 Å². The van der Waals surface area contributed by atoms with Gasteiger partial charge in [0, 0.05) is 11.1 Å². The van der Waals surface area contributed by atoms with Crippen LogP contribution in [-0.2, 0) is 0 Å². The van der Waals surface area contributed by atoms with E-state index in [1.54, 1.807) is 11.8 Å². The predicted molar refractivity (Wildman–Crippen MR) is 79.4 cm³/mol. The molecule has 0 radical (unpaired) electrons. The van der Waals surface area contributed by atoms with Crippen LogP contribution in [0.4, 0.5) is 0 Å². The van der Waals surface area contributed by atoms with Crippen LogP contribution in [0.1, 0.15) is 25.7 Å². The van der Waals surface area contributed by atoms with Crippen molar-refractivity contribution < 1.29 is 4.42 Å². The molecule has 0 atom stereocenters. The minimum Gasteiger partial charge on any atom is -0.431 e. The van der Waals surface area contributed by atoms with Crippen molar-refractivity contribution >= 4 is 38.8 Å². The van der Waals surface area contributed by atoms with Crippen LogP contribution in [-0.4, -0.2) is 16.1 Å². The largest absolute Gasteiger partial charge is 0.431 e. The summed E-state index contributed by atoms with van der Waals surface area (Å²) in [5, 5.41) is 1.90. The van der Waals surface area contributed by atoms with Crippen molar-refractivity contribution in [2.75, 3.05) is 11.1 Å². The molecule has 1 aliphatic carbocycles. The van der Waals surface area contributed by atoms with Crippen LogP contribution in [0.3, 0.4) is 0 Å². The number of oxazole rings is 1. The zero-order valence-corrected chi connectivity index (χ0v) is 12.6. The smallest absolute Gasteiger partial charge is 0.256 e. The van der Waals surface area contributed by atoms with Gasteiger partial charge in [-0.15, -0.1) is 0 Å². The summed E-state index contributed by atoms with van der Waals surface area (Å²) in [7, 11) is 0. The molecule has 1 aromatic heterocycles. The minimum atomic E-state index is 0.450. The molecule has 1 heterocycles. The van der Waals surface area contributed by atoms with E-state index in [0.717, 1.165) is 27.4 Å². The Labute approximate surface area is 120 Å². The van der Waals surface area contributed by atoms with Crippen molar-refractivity contribution in [3.8, 4) is 0 Å². The van der Waals surface area contributed by atoms with Gasteiger partial charge < -0.3 is 4.42 Å². The van der Waals surface area contributed by atoms with E-state index < -0.39 is 0 Å². The van der Waals surface area contributed by atoms with E-state index in [9.17, 15) is 0 Å². The first kappa shape index (κ1) is 12.5. The Balaban J connectivity index is 1.72. The average Bonchev–Trinajstić information content (AvgIpc) is 3.03. The highest BCUT2D eigenvalue weighted by Gasteiger charge is 2.33. The number of hydrogen-bond donors (Lipinski definition) is 0. The Morgan fingerprint density at radius 3 is 2.78 bits per heavy atom. The summed E-state index contributed by atoms with van der Waals surface area (Å²) in [4.78, 5) is 4.52. The quantitative estimate of drug-likeness (QED) is 0.592. The molecule has 3 rings (SSSR count). The third-order valence-electron chi connectivity index (χ3n) is 3.72. The van der Waals surface area contributed by atoms with Crippen molar-refractivity contribution in [3.05, 3.63) is 24.3 Å². The molecule has 96 valence electrons. The highest BCUT2D eigenvalue weighted by molar-refractivity contribution is 9.09. The number of rotatable bonds is 4. The number of para-hydroxylation sites is 2. The molecule has 1 aliphatic rings. The molecule has 4 heteroatoms. The van der Waals surface area contributed by atoms with Crippen molar-refractivity contribution in [2.24, 2.45) is 5.41 Å². The van der Waals surface area contributed by atoms with Gasteiger partial charge >= 0.3 is 0 Å². The summed E-state index contributed by atoms with van der Waals surface area (Å²) >= 11 is 5.44. The Morgan fingerprint density at radius 2 is 2.06 bits per heavy atom. The molecular weight excluding hydrogens is 310 g/mol. The predicted octanol–water partition coefficient (Wildman–Crippen LogP) is 4.88. The number of fused-ring (bicyclic) bond motifs is 1. The molecule has 0 aliphatic heterocycles. The van der Waals surface area contributed by atoms with E-state index in [0.29, 0.717) is 5.41 Å². The summed E-state index contributed by atoms with van der Waals surface area (Å²) < 4.78 is 5.75. The van der Waals surface area contributed by atoms with Crippen molar-refractivity contribution in [2.45, 2.75) is 30.9 Å². The maximum atomic E-state index is 5.75. The second kappa shape index (κ2) is 5.25. The third-order valence-corrected chi connectivity index (χ3v) is 6.09. The van der Waals surface area contributed by atoms with E-state index in [1.807, 2.05) is 24.3 Å². The molecule has 1 aromatic carbocycles. The van der Waals surface area contributed by atoms with E-state index in [4.69, 9.17) is 4.42 Å². The molecule has 2 nitrogen and oxygen atoms in total. The standard InChI is InChI=1S/C14H16BrNOS/c15-9-14(7-3-4-8-14)10-18-13-16-11-5-1-2-6-12(11)17-13/h1-2,5-6H,3-4,7-10H2. The molecule has 1 saturated carbocycles. The highest BCUT2D eigenvalue weighted by atomic mass is 79.9. The Hall–Kier alpha value is -0.480. The molecule has 0 unspecified atom stereocenters. The molecule has 0 amide bonds. The summed E-state index contributed by atoms with van der Waals surface area (Å²) in [6, 6.07) is 7.95. The fourth-order valence-corrected chi connectivity index (χ4v) is 4.72. The van der Waals surface area contributed by atoms with Crippen LogP contribution in [0, 0.1) is 5.41 Å². The number of benzene rings is 1. The maximum Gasteiger partial charge on any atom is 0.256 e. The Morgan fingerprint density at radius 1 is 1.28 bits per heavy atom. The van der Waals surface area contributed by atoms with Crippen LogP contribution in [0.5, 0.6) is 0 Å². The number of halogens is 1. The number of thioether (sulfide) groups is 1. The topological polar surface area (TPSA) is 26.0 Å². The van der Waals surface area contributed by atoms with Gasteiger partial charge in [-0.05, 0) is 30.4 Å². The van der Waals surface area contributed by atoms with Crippen LogP contribution in [0.25, 0.3) is 11.1 Å². The number of alkyl halides is 1. The van der Waals surface area contributed by atoms with E-state index in [1.165, 1.54) is 25.7 Å². The van der Waals surface area contributed by atoms with E-state index >= 15 is 0 Å². The average molecular weight is 326 g/mol. The van der Waals surface area contributed by atoms with Gasteiger partial charge in [0.2, 0.25) is 0 Å². The minimum absolute atomic E-state index is 0.450. The number of hydrogen-bond acceptors (Lipinski definition) is 3. The number of aromatic nitrogens is 1. The van der Waals surface area contributed by atoms with Gasteiger partial charge in [0.15, 0.2) is 5.58 Å². The lowest BCUT2D eigenvalue weighted by molar-refractivity contribution is 0.402. The van der Waals surface area contributed by atoms with Crippen LogP contribution < -0.4 is 0 Å². The van der Waals surface area contributed by atoms with Gasteiger partial charge in [-0.1, -0.05) is 52.7 Å². The SMILES string of the molecule is BrCC1(CSc2nc3ccccc3o2)CCCC1. The molecule has 2 aromatic rings. The fourth-order valence-electron chi connectivity index (χ4n) is 2.57. The molecule has 0 spiro atoms. The molecule has 1 fully saturated rings. The van der Waals surface area contributed by atoms with Crippen LogP contribution in [0.2, 0.25) is 0 Å². The summed E-state index contributed by atoms with van der Waals surface area (Å²) in [6.45, 7) is 0. The van der Waals surface area contributed by atoms with Crippen LogP contribution in [0.15, 0.2) is 33.9 Å². The number of nitrogens with zero attached hydrogens (tertiary/aromatic N) is 1. The first-order valence-electron chi connectivity index (χ1n) is 6.36. The molecule has 0 bridgehead atoms. The summed E-state index contributed by atoms with van der Waals surface area (Å²) in [6.07, 6.45) is 5.37. The Bertz CT molecular complexity index is 500. The zero-order chi connectivity index (χ0) is 12.4. The van der Waals surface area contributed by atoms with Gasteiger partial charge in [0.1, 0.15) is 5.52 Å². The third kappa shape index (κ3) is 2.45. The highest BCUT2D eigenvalue weighted by Crippen LogP contribution is 2.43. The van der Waals surface area contributed by atoms with Gasteiger partial charge in [0.25, 0.3) is 5.22 Å². The molecular formula is C14H16BrNOS. The second-order valence-corrected chi connectivity index (χ2v) is 6.56. The second-order valence-electron chi connectivity index (χ2n) is 5.08. The van der Waals surface area contributed by atoms with Gasteiger partial charge in [0.05, 0.1) is 0 Å². The fraction of sp³-hybridized carbons (Fsp3) is 0.500. The zero-order valence-electron chi connectivity index (χ0n) is 10.2. The maximum absolute atomic E-state index is 5.75. The van der Waals surface area contributed by atoms with Gasteiger partial charge in [-0.25, -0.2) is 4.98 Å². The summed E-state index contributed by atoms with van der Waals surface area (Å²) in [5.41, 5.74) is 2.30. The molecule has 0 N–H and O–H groups in total. The normalized spacial score (nSPS) is 18.5. The first-order valence-corrected chi connectivity index (χ1v) is 8.46. The Kier molecular flexibility index (Phi) is 3.66. The van der Waals surface area contributed by atoms with Crippen molar-refractivity contribution in [3.63, 3.8) is 0 Å². The lowest BCUT2D eigenvalue weighted by Crippen LogP contribution is -2.21. The lowest BCUT2D eigenvalue weighted by Gasteiger charge is -2.24. The van der Waals surface area contributed by atoms with E-state index in [2.05, 4.69) is 20.9 Å². The molecule has 0 saturated heterocycles. The van der Waals surface area contributed by atoms with Crippen molar-refractivity contribution in [1.29, 1.82) is 0 Å². The van der Waals surface area contributed by atoms with Crippen molar-refractivity contribution in [1.82, 2.24) is 4.98 Å². The van der Waals surface area contributed by atoms with Gasteiger partial charge in [-0.3, -0.25) is 0 Å². The monoisotopic (exact) mass is 325 g/mol.